The maximum Gasteiger partial charge on any atom is 0.295 e. The number of carboxylic acid groups (broad SMARTS) is 1. The van der Waals surface area contributed by atoms with Crippen molar-refractivity contribution in [3.05, 3.63) is 80.9 Å². The molecule has 0 bridgehead atoms. The van der Waals surface area contributed by atoms with Gasteiger partial charge in [0.1, 0.15) is 5.76 Å². The Balaban J connectivity index is 2.18. The number of carbonyl (C=O) groups excluding carboxylic acids is 3. The molecule has 1 aliphatic heterocycles. The number of aliphatic hydroxyl groups is 1. The lowest BCUT2D eigenvalue weighted by Crippen LogP contribution is -2.40. The van der Waals surface area contributed by atoms with Crippen molar-refractivity contribution >= 4 is 29.1 Å². The smallest absolute Gasteiger partial charge is 0.295 e. The standard InChI is InChI=1S/C20H16N2O7/c1-11-2-4-13(5-3-11)18(25)16-17(12-6-8-14(9-7-12)22(28)29)21(10-15(23)24)20(27)19(16)26/h2-9,17,25H,10H2,1H3,(H,23,24)/p-1/t17-/m1/s1. The highest BCUT2D eigenvalue weighted by molar-refractivity contribution is 6.46. The van der Waals surface area contributed by atoms with Crippen LogP contribution in [0.4, 0.5) is 5.69 Å². The molecule has 9 nitrogen and oxygen atoms in total. The average Bonchev–Trinajstić information content (AvgIpc) is 2.92. The Kier molecular flexibility index (Phi) is 5.14. The molecular weight excluding hydrogens is 380 g/mol. The summed E-state index contributed by atoms with van der Waals surface area (Å²) in [5, 5.41) is 32.7. The van der Waals surface area contributed by atoms with Crippen LogP contribution in [-0.2, 0) is 14.4 Å². The number of non-ortho nitro benzene ring substituents is 1. The van der Waals surface area contributed by atoms with E-state index >= 15 is 0 Å². The van der Waals surface area contributed by atoms with Gasteiger partial charge in [0.15, 0.2) is 0 Å². The van der Waals surface area contributed by atoms with Gasteiger partial charge < -0.3 is 19.9 Å². The number of aryl methyl sites for hydroxylation is 1. The second-order valence-corrected chi connectivity index (χ2v) is 6.51. The molecule has 0 saturated carbocycles. The maximum absolute atomic E-state index is 12.6. The number of nitrogens with zero attached hydrogens (tertiary/aromatic N) is 2. The van der Waals surface area contributed by atoms with Crippen molar-refractivity contribution in [2.24, 2.45) is 0 Å². The third-order valence-corrected chi connectivity index (χ3v) is 4.58. The molecule has 3 rings (SSSR count). The number of Topliss-reactive ketones (excluding diaryl/α,β-unsaturated/α-hetero) is 1. The fraction of sp³-hybridized carbons (Fsp3) is 0.150. The zero-order chi connectivity index (χ0) is 21.3. The summed E-state index contributed by atoms with van der Waals surface area (Å²) in [7, 11) is 0. The number of aliphatic carboxylic acids is 1. The Bertz CT molecular complexity index is 1040. The molecule has 0 aromatic heterocycles. The SMILES string of the molecule is Cc1ccc(C(O)=C2C(=O)C(=O)N(CC(=O)[O-])[C@@H]2c2ccc([N+](=O)[O-])cc2)cc1. The highest BCUT2D eigenvalue weighted by Crippen LogP contribution is 2.39. The summed E-state index contributed by atoms with van der Waals surface area (Å²) >= 11 is 0. The molecule has 0 radical (unpaired) electrons. The molecule has 1 N–H and O–H groups in total. The first-order chi connectivity index (χ1) is 13.7. The minimum Gasteiger partial charge on any atom is -0.548 e. The normalized spacial score (nSPS) is 18.1. The van der Waals surface area contributed by atoms with Crippen molar-refractivity contribution in [2.75, 3.05) is 6.54 Å². The monoisotopic (exact) mass is 395 g/mol. The van der Waals surface area contributed by atoms with Gasteiger partial charge in [-0.25, -0.2) is 0 Å². The summed E-state index contributed by atoms with van der Waals surface area (Å²) < 4.78 is 0. The summed E-state index contributed by atoms with van der Waals surface area (Å²) in [6.07, 6.45) is 0. The van der Waals surface area contributed by atoms with E-state index in [4.69, 9.17) is 0 Å². The lowest BCUT2D eigenvalue weighted by atomic mass is 9.95. The van der Waals surface area contributed by atoms with E-state index < -0.39 is 40.9 Å². The predicted octanol–water partition coefficient (Wildman–Crippen LogP) is 1.07. The Morgan fingerprint density at radius 3 is 2.21 bits per heavy atom. The van der Waals surface area contributed by atoms with Crippen LogP contribution in [0.1, 0.15) is 22.7 Å². The van der Waals surface area contributed by atoms with E-state index in [9.17, 15) is 34.7 Å². The van der Waals surface area contributed by atoms with Crippen LogP contribution in [0.5, 0.6) is 0 Å². The molecule has 0 unspecified atom stereocenters. The van der Waals surface area contributed by atoms with E-state index in [2.05, 4.69) is 0 Å². The predicted molar refractivity (Wildman–Crippen MR) is 98.3 cm³/mol. The van der Waals surface area contributed by atoms with Gasteiger partial charge >= 0.3 is 0 Å². The summed E-state index contributed by atoms with van der Waals surface area (Å²) in [6.45, 7) is 0.955. The van der Waals surface area contributed by atoms with E-state index in [1.807, 2.05) is 6.92 Å². The van der Waals surface area contributed by atoms with Crippen LogP contribution in [0.25, 0.3) is 5.76 Å². The van der Waals surface area contributed by atoms with Gasteiger partial charge in [-0.3, -0.25) is 19.7 Å². The Morgan fingerprint density at radius 1 is 1.10 bits per heavy atom. The number of ketones is 1. The third-order valence-electron chi connectivity index (χ3n) is 4.58. The van der Waals surface area contributed by atoms with Crippen molar-refractivity contribution < 1.29 is 29.5 Å². The van der Waals surface area contributed by atoms with E-state index in [0.29, 0.717) is 0 Å². The minimum absolute atomic E-state index is 0.218. The van der Waals surface area contributed by atoms with Crippen molar-refractivity contribution in [1.82, 2.24) is 4.90 Å². The van der Waals surface area contributed by atoms with Gasteiger partial charge in [-0.1, -0.05) is 29.8 Å². The summed E-state index contributed by atoms with van der Waals surface area (Å²) in [4.78, 5) is 47.2. The first-order valence-corrected chi connectivity index (χ1v) is 8.50. The van der Waals surface area contributed by atoms with Gasteiger partial charge in [0, 0.05) is 17.7 Å². The number of carbonyl (C=O) groups is 3. The van der Waals surface area contributed by atoms with Gasteiger partial charge in [-0.15, -0.1) is 0 Å². The van der Waals surface area contributed by atoms with Crippen LogP contribution in [0, 0.1) is 17.0 Å². The second kappa shape index (κ2) is 7.55. The fourth-order valence-electron chi connectivity index (χ4n) is 3.17. The highest BCUT2D eigenvalue weighted by Gasteiger charge is 2.46. The number of likely N-dealkylation sites (tertiary alicyclic amines) is 1. The number of nitro groups is 1. The molecule has 2 aromatic rings. The Morgan fingerprint density at radius 2 is 1.69 bits per heavy atom. The van der Waals surface area contributed by atoms with Gasteiger partial charge in [-0.2, -0.15) is 0 Å². The molecule has 1 heterocycles. The molecule has 1 atom stereocenters. The van der Waals surface area contributed by atoms with Crippen LogP contribution in [0.2, 0.25) is 0 Å². The zero-order valence-electron chi connectivity index (χ0n) is 15.2. The molecule has 0 spiro atoms. The first kappa shape index (κ1) is 19.7. The number of rotatable bonds is 5. The van der Waals surface area contributed by atoms with E-state index in [1.54, 1.807) is 24.3 Å². The number of hydrogen-bond donors (Lipinski definition) is 1. The zero-order valence-corrected chi connectivity index (χ0v) is 15.2. The summed E-state index contributed by atoms with van der Waals surface area (Å²) in [5.74, 6) is -4.21. The molecule has 1 fully saturated rings. The van der Waals surface area contributed by atoms with Gasteiger partial charge in [0.2, 0.25) is 0 Å². The van der Waals surface area contributed by atoms with Gasteiger partial charge in [-0.05, 0) is 24.6 Å². The molecule has 2 aromatic carbocycles. The van der Waals surface area contributed by atoms with Crippen LogP contribution < -0.4 is 5.11 Å². The van der Waals surface area contributed by atoms with E-state index in [1.165, 1.54) is 24.3 Å². The fourth-order valence-corrected chi connectivity index (χ4v) is 3.17. The van der Waals surface area contributed by atoms with Gasteiger partial charge in [0.25, 0.3) is 17.4 Å². The van der Waals surface area contributed by atoms with E-state index in [0.717, 1.165) is 10.5 Å². The summed E-state index contributed by atoms with van der Waals surface area (Å²) in [5.41, 5.74) is 0.905. The number of benzene rings is 2. The van der Waals surface area contributed by atoms with Crippen molar-refractivity contribution in [3.8, 4) is 0 Å². The van der Waals surface area contributed by atoms with Crippen LogP contribution in [-0.4, -0.2) is 39.1 Å². The number of amides is 1. The minimum atomic E-state index is -1.59. The third kappa shape index (κ3) is 3.70. The molecule has 29 heavy (non-hydrogen) atoms. The lowest BCUT2D eigenvalue weighted by molar-refractivity contribution is -0.384. The van der Waals surface area contributed by atoms with Crippen molar-refractivity contribution in [1.29, 1.82) is 0 Å². The van der Waals surface area contributed by atoms with Crippen molar-refractivity contribution in [2.45, 2.75) is 13.0 Å². The quantitative estimate of drug-likeness (QED) is 0.262. The second-order valence-electron chi connectivity index (χ2n) is 6.51. The van der Waals surface area contributed by atoms with Crippen LogP contribution in [0.15, 0.2) is 54.1 Å². The molecule has 1 aliphatic rings. The number of aliphatic hydroxyl groups excluding tert-OH is 1. The van der Waals surface area contributed by atoms with E-state index in [-0.39, 0.29) is 22.4 Å². The number of hydrogen-bond acceptors (Lipinski definition) is 7. The number of carboxylic acids is 1. The molecule has 1 amide bonds. The van der Waals surface area contributed by atoms with Gasteiger partial charge in [0.05, 0.1) is 29.1 Å². The molecular formula is C20H15N2O7-. The Hall–Kier alpha value is -4.01. The molecule has 1 saturated heterocycles. The van der Waals surface area contributed by atoms with Crippen LogP contribution >= 0.6 is 0 Å². The maximum atomic E-state index is 12.6. The molecule has 0 aliphatic carbocycles. The topological polar surface area (TPSA) is 141 Å². The van der Waals surface area contributed by atoms with Crippen LogP contribution in [0.3, 0.4) is 0 Å². The average molecular weight is 395 g/mol. The number of nitro benzene ring substituents is 1. The highest BCUT2D eigenvalue weighted by atomic mass is 16.6. The molecule has 148 valence electrons. The lowest BCUT2D eigenvalue weighted by Gasteiger charge is -2.25. The Labute approximate surface area is 164 Å². The first-order valence-electron chi connectivity index (χ1n) is 8.50. The molecule has 9 heteroatoms. The van der Waals surface area contributed by atoms with Crippen molar-refractivity contribution in [3.63, 3.8) is 0 Å². The largest absolute Gasteiger partial charge is 0.548 e. The summed E-state index contributed by atoms with van der Waals surface area (Å²) in [6, 6.07) is 10.2.